The van der Waals surface area contributed by atoms with Crippen molar-refractivity contribution in [1.29, 1.82) is 0 Å². The van der Waals surface area contributed by atoms with Gasteiger partial charge in [-0.05, 0) is 18.4 Å². The fraction of sp³-hybridized carbons (Fsp3) is 0.538. The Hall–Kier alpha value is -0.530. The number of aryl methyl sites for hydroxylation is 1. The van der Waals surface area contributed by atoms with Gasteiger partial charge in [0.15, 0.2) is 0 Å². The second kappa shape index (κ2) is 6.14. The van der Waals surface area contributed by atoms with Gasteiger partial charge in [-0.3, -0.25) is 0 Å². The van der Waals surface area contributed by atoms with Gasteiger partial charge in [0.2, 0.25) is 0 Å². The molecule has 15 heavy (non-hydrogen) atoms. The SMILES string of the molecule is Cc1ccc(CNC(CCl)C(C)C)cc1. The van der Waals surface area contributed by atoms with Gasteiger partial charge in [-0.1, -0.05) is 43.7 Å². The van der Waals surface area contributed by atoms with E-state index in [9.17, 15) is 0 Å². The predicted molar refractivity (Wildman–Crippen MR) is 67.4 cm³/mol. The Kier molecular flexibility index (Phi) is 5.13. The standard InChI is InChI=1S/C13H20ClN/c1-10(2)13(8-14)15-9-12-6-4-11(3)5-7-12/h4-7,10,13,15H,8-9H2,1-3H3. The summed E-state index contributed by atoms with van der Waals surface area (Å²) >= 11 is 5.89. The normalized spacial score (nSPS) is 13.1. The molecule has 1 atom stereocenters. The summed E-state index contributed by atoms with van der Waals surface area (Å²) in [4.78, 5) is 0. The van der Waals surface area contributed by atoms with Crippen LogP contribution in [0.2, 0.25) is 0 Å². The summed E-state index contributed by atoms with van der Waals surface area (Å²) < 4.78 is 0. The Bertz CT molecular complexity index is 279. The first-order valence-electron chi connectivity index (χ1n) is 5.48. The van der Waals surface area contributed by atoms with Crippen LogP contribution in [-0.4, -0.2) is 11.9 Å². The van der Waals surface area contributed by atoms with Gasteiger partial charge in [0.05, 0.1) is 0 Å². The topological polar surface area (TPSA) is 12.0 Å². The van der Waals surface area contributed by atoms with Gasteiger partial charge in [0, 0.05) is 18.5 Å². The third kappa shape index (κ3) is 4.23. The first-order chi connectivity index (χ1) is 7.13. The van der Waals surface area contributed by atoms with Crippen molar-refractivity contribution in [2.45, 2.75) is 33.4 Å². The van der Waals surface area contributed by atoms with E-state index in [-0.39, 0.29) is 0 Å². The number of nitrogens with one attached hydrogen (secondary N) is 1. The molecule has 2 heteroatoms. The smallest absolute Gasteiger partial charge is 0.0380 e. The second-order valence-electron chi connectivity index (χ2n) is 4.37. The van der Waals surface area contributed by atoms with E-state index in [0.29, 0.717) is 17.8 Å². The minimum absolute atomic E-state index is 0.396. The van der Waals surface area contributed by atoms with E-state index in [1.54, 1.807) is 0 Å². The Morgan fingerprint density at radius 2 is 1.80 bits per heavy atom. The van der Waals surface area contributed by atoms with Crippen molar-refractivity contribution < 1.29 is 0 Å². The van der Waals surface area contributed by atoms with Crippen LogP contribution in [0.15, 0.2) is 24.3 Å². The minimum Gasteiger partial charge on any atom is -0.308 e. The highest BCUT2D eigenvalue weighted by atomic mass is 35.5. The van der Waals surface area contributed by atoms with Gasteiger partial charge in [-0.25, -0.2) is 0 Å². The van der Waals surface area contributed by atoms with Crippen LogP contribution in [0.1, 0.15) is 25.0 Å². The first-order valence-corrected chi connectivity index (χ1v) is 6.02. The van der Waals surface area contributed by atoms with E-state index < -0.39 is 0 Å². The Morgan fingerprint density at radius 1 is 1.20 bits per heavy atom. The van der Waals surface area contributed by atoms with Gasteiger partial charge < -0.3 is 5.32 Å². The lowest BCUT2D eigenvalue weighted by Crippen LogP contribution is -2.34. The molecule has 0 aromatic heterocycles. The van der Waals surface area contributed by atoms with Crippen LogP contribution in [0.3, 0.4) is 0 Å². The molecule has 0 fully saturated rings. The third-order valence-corrected chi connectivity index (χ3v) is 2.99. The van der Waals surface area contributed by atoms with Gasteiger partial charge in [0.1, 0.15) is 0 Å². The van der Waals surface area contributed by atoms with Crippen LogP contribution in [0.5, 0.6) is 0 Å². The molecule has 1 unspecified atom stereocenters. The van der Waals surface area contributed by atoms with E-state index >= 15 is 0 Å². The molecule has 0 aliphatic rings. The fourth-order valence-corrected chi connectivity index (χ4v) is 1.89. The number of halogens is 1. The van der Waals surface area contributed by atoms with E-state index in [1.165, 1.54) is 11.1 Å². The number of hydrogen-bond acceptors (Lipinski definition) is 1. The molecule has 0 aliphatic carbocycles. The molecule has 0 radical (unpaired) electrons. The van der Waals surface area contributed by atoms with Crippen molar-refractivity contribution in [2.75, 3.05) is 5.88 Å². The average Bonchev–Trinajstić information content (AvgIpc) is 2.21. The Labute approximate surface area is 97.8 Å². The monoisotopic (exact) mass is 225 g/mol. The highest BCUT2D eigenvalue weighted by molar-refractivity contribution is 6.18. The van der Waals surface area contributed by atoms with E-state index in [0.717, 1.165) is 6.54 Å². The molecule has 1 aromatic rings. The molecule has 0 heterocycles. The van der Waals surface area contributed by atoms with Crippen LogP contribution < -0.4 is 5.32 Å². The minimum atomic E-state index is 0.396. The largest absolute Gasteiger partial charge is 0.308 e. The molecule has 0 aliphatic heterocycles. The van der Waals surface area contributed by atoms with Gasteiger partial charge >= 0.3 is 0 Å². The molecule has 0 amide bonds. The van der Waals surface area contributed by atoms with E-state index in [1.807, 2.05) is 0 Å². The lowest BCUT2D eigenvalue weighted by molar-refractivity contribution is 0.430. The van der Waals surface area contributed by atoms with E-state index in [4.69, 9.17) is 11.6 Å². The molecule has 84 valence electrons. The zero-order valence-electron chi connectivity index (χ0n) is 9.76. The maximum atomic E-state index is 5.89. The Morgan fingerprint density at radius 3 is 2.27 bits per heavy atom. The van der Waals surface area contributed by atoms with Crippen LogP contribution in [0.4, 0.5) is 0 Å². The van der Waals surface area contributed by atoms with Crippen molar-refractivity contribution >= 4 is 11.6 Å². The predicted octanol–water partition coefficient (Wildman–Crippen LogP) is 3.35. The maximum Gasteiger partial charge on any atom is 0.0380 e. The lowest BCUT2D eigenvalue weighted by atomic mass is 10.1. The van der Waals surface area contributed by atoms with Crippen molar-refractivity contribution in [3.63, 3.8) is 0 Å². The van der Waals surface area contributed by atoms with Crippen molar-refractivity contribution in [1.82, 2.24) is 5.32 Å². The lowest BCUT2D eigenvalue weighted by Gasteiger charge is -2.19. The zero-order chi connectivity index (χ0) is 11.3. The molecular formula is C13H20ClN. The van der Waals surface area contributed by atoms with Crippen LogP contribution in [0, 0.1) is 12.8 Å². The average molecular weight is 226 g/mol. The summed E-state index contributed by atoms with van der Waals surface area (Å²) in [5.41, 5.74) is 2.62. The highest BCUT2D eigenvalue weighted by Gasteiger charge is 2.10. The van der Waals surface area contributed by atoms with Crippen molar-refractivity contribution in [3.05, 3.63) is 35.4 Å². The fourth-order valence-electron chi connectivity index (χ4n) is 1.42. The molecule has 0 saturated carbocycles. The molecule has 0 saturated heterocycles. The van der Waals surface area contributed by atoms with Crippen molar-refractivity contribution in [2.24, 2.45) is 5.92 Å². The number of rotatable bonds is 5. The van der Waals surface area contributed by atoms with Crippen LogP contribution in [0.25, 0.3) is 0 Å². The molecule has 1 N–H and O–H groups in total. The van der Waals surface area contributed by atoms with E-state index in [2.05, 4.69) is 50.4 Å². The third-order valence-electron chi connectivity index (χ3n) is 2.66. The van der Waals surface area contributed by atoms with Crippen molar-refractivity contribution in [3.8, 4) is 0 Å². The summed E-state index contributed by atoms with van der Waals surface area (Å²) in [5, 5.41) is 3.47. The van der Waals surface area contributed by atoms with Gasteiger partial charge in [0.25, 0.3) is 0 Å². The quantitative estimate of drug-likeness (QED) is 0.758. The highest BCUT2D eigenvalue weighted by Crippen LogP contribution is 2.07. The summed E-state index contributed by atoms with van der Waals surface area (Å²) in [6.45, 7) is 7.38. The summed E-state index contributed by atoms with van der Waals surface area (Å²) in [7, 11) is 0. The number of benzene rings is 1. The first kappa shape index (κ1) is 12.5. The molecule has 0 bridgehead atoms. The zero-order valence-corrected chi connectivity index (χ0v) is 10.5. The number of alkyl halides is 1. The van der Waals surface area contributed by atoms with Crippen LogP contribution in [-0.2, 0) is 6.54 Å². The Balaban J connectivity index is 2.45. The summed E-state index contributed by atoms with van der Waals surface area (Å²) in [5.74, 6) is 1.25. The molecule has 1 nitrogen and oxygen atoms in total. The van der Waals surface area contributed by atoms with Gasteiger partial charge in [-0.15, -0.1) is 11.6 Å². The summed E-state index contributed by atoms with van der Waals surface area (Å²) in [6.07, 6.45) is 0. The van der Waals surface area contributed by atoms with Crippen LogP contribution >= 0.6 is 11.6 Å². The number of hydrogen-bond donors (Lipinski definition) is 1. The molecule has 0 spiro atoms. The molecular weight excluding hydrogens is 206 g/mol. The second-order valence-corrected chi connectivity index (χ2v) is 4.68. The molecule has 1 aromatic carbocycles. The summed E-state index contributed by atoms with van der Waals surface area (Å²) in [6, 6.07) is 9.00. The van der Waals surface area contributed by atoms with Gasteiger partial charge in [-0.2, -0.15) is 0 Å². The maximum absolute atomic E-state index is 5.89. The molecule has 1 rings (SSSR count).